The van der Waals surface area contributed by atoms with E-state index in [9.17, 15) is 19.2 Å². The van der Waals surface area contributed by atoms with Crippen molar-refractivity contribution in [2.75, 3.05) is 17.4 Å². The molecule has 0 fully saturated rings. The summed E-state index contributed by atoms with van der Waals surface area (Å²) in [4.78, 5) is 58.8. The molecule has 3 atom stereocenters. The molecule has 0 radical (unpaired) electrons. The Bertz CT molecular complexity index is 1370. The van der Waals surface area contributed by atoms with E-state index in [1.54, 1.807) is 19.1 Å². The molecule has 3 aromatic carbocycles. The predicted octanol–water partition coefficient (Wildman–Crippen LogP) is 3.85. The van der Waals surface area contributed by atoms with E-state index in [4.69, 9.17) is 9.57 Å². The van der Waals surface area contributed by atoms with Gasteiger partial charge in [0.25, 0.3) is 5.91 Å². The second-order valence-corrected chi connectivity index (χ2v) is 10.9. The molecule has 4 rings (SSSR count). The van der Waals surface area contributed by atoms with Crippen LogP contribution in [0.5, 0.6) is 0 Å². The molecule has 1 heterocycles. The largest absolute Gasteiger partial charge is 0.465 e. The fourth-order valence-electron chi connectivity index (χ4n) is 4.62. The van der Waals surface area contributed by atoms with Gasteiger partial charge in [0, 0.05) is 24.0 Å². The maximum atomic E-state index is 14.0. The maximum Gasteiger partial charge on any atom is 0.355 e. The highest BCUT2D eigenvalue weighted by Gasteiger charge is 2.37. The van der Waals surface area contributed by atoms with Crippen LogP contribution in [-0.4, -0.2) is 54.2 Å². The highest BCUT2D eigenvalue weighted by atomic mass is 32.2. The number of carbonyl (C=O) groups excluding carboxylic acids is 4. The summed E-state index contributed by atoms with van der Waals surface area (Å²) >= 11 is 1.42. The fourth-order valence-corrected chi connectivity index (χ4v) is 5.68. The number of carbonyl (C=O) groups is 4. The van der Waals surface area contributed by atoms with Crippen molar-refractivity contribution in [3.8, 4) is 0 Å². The molecular weight excluding hydrogens is 554 g/mol. The summed E-state index contributed by atoms with van der Waals surface area (Å²) in [6.07, 6.45) is 1.19. The third-order valence-corrected chi connectivity index (χ3v) is 7.81. The molecule has 0 unspecified atom stereocenters. The Morgan fingerprint density at radius 1 is 0.905 bits per heavy atom. The van der Waals surface area contributed by atoms with E-state index in [1.807, 2.05) is 72.8 Å². The summed E-state index contributed by atoms with van der Waals surface area (Å²) in [5.74, 6) is -1.87. The van der Waals surface area contributed by atoms with Gasteiger partial charge < -0.3 is 14.9 Å². The number of anilines is 1. The molecule has 10 heteroatoms. The summed E-state index contributed by atoms with van der Waals surface area (Å²) in [6.45, 7) is 3.26. The Balaban J connectivity index is 1.57. The number of fused-ring (bicyclic) bond motifs is 1. The van der Waals surface area contributed by atoms with Crippen LogP contribution in [0.1, 0.15) is 31.4 Å². The first-order chi connectivity index (χ1) is 20.4. The molecule has 0 aromatic heterocycles. The van der Waals surface area contributed by atoms with Crippen molar-refractivity contribution < 1.29 is 28.8 Å². The van der Waals surface area contributed by atoms with Gasteiger partial charge in [-0.05, 0) is 43.0 Å². The number of thioether (sulfide) groups is 1. The van der Waals surface area contributed by atoms with Crippen molar-refractivity contribution in [3.05, 3.63) is 96.1 Å². The zero-order valence-corrected chi connectivity index (χ0v) is 24.5. The van der Waals surface area contributed by atoms with Crippen molar-refractivity contribution in [2.45, 2.75) is 56.1 Å². The molecule has 0 aliphatic carbocycles. The molecule has 9 nitrogen and oxygen atoms in total. The van der Waals surface area contributed by atoms with Crippen molar-refractivity contribution in [2.24, 2.45) is 0 Å². The molecule has 3 aromatic rings. The number of hydrogen-bond acceptors (Lipinski definition) is 8. The average molecular weight is 590 g/mol. The summed E-state index contributed by atoms with van der Waals surface area (Å²) in [5.41, 5.74) is 2.28. The predicted molar refractivity (Wildman–Crippen MR) is 161 cm³/mol. The highest BCUT2D eigenvalue weighted by molar-refractivity contribution is 7.99. The van der Waals surface area contributed by atoms with E-state index >= 15 is 0 Å². The van der Waals surface area contributed by atoms with Crippen molar-refractivity contribution in [3.63, 3.8) is 0 Å². The van der Waals surface area contributed by atoms with E-state index in [0.717, 1.165) is 21.1 Å². The maximum absolute atomic E-state index is 14.0. The Kier molecular flexibility index (Phi) is 11.1. The Morgan fingerprint density at radius 3 is 2.21 bits per heavy atom. The number of esters is 1. The van der Waals surface area contributed by atoms with Gasteiger partial charge >= 0.3 is 11.9 Å². The monoisotopic (exact) mass is 589 g/mol. The topological polar surface area (TPSA) is 114 Å². The van der Waals surface area contributed by atoms with Gasteiger partial charge in [-0.25, -0.2) is 4.79 Å². The van der Waals surface area contributed by atoms with Crippen LogP contribution in [0.25, 0.3) is 0 Å². The molecule has 220 valence electrons. The zero-order chi connectivity index (χ0) is 29.9. The number of nitrogens with zero attached hydrogens (tertiary/aromatic N) is 1. The number of amides is 2. The van der Waals surface area contributed by atoms with Gasteiger partial charge in [-0.3, -0.25) is 19.7 Å². The summed E-state index contributed by atoms with van der Waals surface area (Å²) in [6, 6.07) is 23.4. The fraction of sp³-hybridized carbons (Fsp3) is 0.312. The lowest BCUT2D eigenvalue weighted by Gasteiger charge is -2.28. The highest BCUT2D eigenvalue weighted by Crippen LogP contribution is 2.35. The number of rotatable bonds is 12. The number of hydroxylamine groups is 1. The number of para-hydroxylation sites is 1. The molecule has 1 aliphatic rings. The van der Waals surface area contributed by atoms with E-state index in [2.05, 4.69) is 10.6 Å². The third-order valence-electron chi connectivity index (χ3n) is 6.65. The van der Waals surface area contributed by atoms with E-state index in [1.165, 1.54) is 18.7 Å². The van der Waals surface area contributed by atoms with Crippen LogP contribution >= 0.6 is 11.8 Å². The van der Waals surface area contributed by atoms with Crippen LogP contribution < -0.4 is 15.7 Å². The Morgan fingerprint density at radius 2 is 1.55 bits per heavy atom. The van der Waals surface area contributed by atoms with E-state index < -0.39 is 41.9 Å². The number of aryl methyl sites for hydroxylation is 1. The molecular formula is C32H35N3O6S. The Hall–Kier alpha value is -4.15. The van der Waals surface area contributed by atoms with Gasteiger partial charge in [0.2, 0.25) is 5.91 Å². The van der Waals surface area contributed by atoms with Gasteiger partial charge in [-0.1, -0.05) is 72.8 Å². The number of ether oxygens (including phenoxy) is 1. The van der Waals surface area contributed by atoms with Gasteiger partial charge in [0.1, 0.15) is 18.1 Å². The van der Waals surface area contributed by atoms with Crippen LogP contribution in [0.4, 0.5) is 5.69 Å². The minimum atomic E-state index is -1.02. The standard InChI is InChI=1S/C32H35N3O6S/c1-3-40-31(38)25(19-18-23-12-6-4-7-13-23)34-27-21-42-29-17-11-10-16-28(29)35(30(27)37)41-32(39)26(33-22(2)36)20-24-14-8-5-9-15-24/h4-17,25-27,34H,3,18-21H2,1-2H3,(H,33,36)/t25-,26-,27-/m0/s1. The molecule has 0 saturated carbocycles. The second kappa shape index (κ2) is 15.2. The number of hydrogen-bond donors (Lipinski definition) is 2. The lowest BCUT2D eigenvalue weighted by Crippen LogP contribution is -2.54. The first-order valence-corrected chi connectivity index (χ1v) is 14.9. The van der Waals surface area contributed by atoms with Crippen LogP contribution in [0.15, 0.2) is 89.8 Å². The molecule has 0 spiro atoms. The average Bonchev–Trinajstić information content (AvgIpc) is 3.12. The van der Waals surface area contributed by atoms with Gasteiger partial charge in [-0.15, -0.1) is 16.8 Å². The smallest absolute Gasteiger partial charge is 0.355 e. The second-order valence-electron chi connectivity index (χ2n) is 9.81. The molecule has 0 saturated heterocycles. The molecule has 2 N–H and O–H groups in total. The SMILES string of the molecule is CCOC(=O)[C@H](CCc1ccccc1)N[C@H]1CSc2ccccc2N(OC(=O)[C@H](Cc2ccccc2)NC(C)=O)C1=O. The molecule has 2 amide bonds. The zero-order valence-electron chi connectivity index (χ0n) is 23.7. The van der Waals surface area contributed by atoms with Crippen LogP contribution in [0, 0.1) is 0 Å². The van der Waals surface area contributed by atoms with E-state index in [0.29, 0.717) is 24.3 Å². The van der Waals surface area contributed by atoms with Gasteiger partial charge in [0.15, 0.2) is 0 Å². The summed E-state index contributed by atoms with van der Waals surface area (Å²) < 4.78 is 5.32. The minimum absolute atomic E-state index is 0.184. The van der Waals surface area contributed by atoms with Gasteiger partial charge in [0.05, 0.1) is 12.3 Å². The van der Waals surface area contributed by atoms with Crippen molar-refractivity contribution in [1.29, 1.82) is 0 Å². The number of benzene rings is 3. The molecule has 0 bridgehead atoms. The molecule has 42 heavy (non-hydrogen) atoms. The van der Waals surface area contributed by atoms with Crippen LogP contribution in [-0.2, 0) is 41.6 Å². The van der Waals surface area contributed by atoms with Crippen molar-refractivity contribution >= 4 is 41.2 Å². The van der Waals surface area contributed by atoms with Crippen LogP contribution in [0.3, 0.4) is 0 Å². The lowest BCUT2D eigenvalue weighted by molar-refractivity contribution is -0.154. The third kappa shape index (κ3) is 8.43. The number of nitrogens with one attached hydrogen (secondary N) is 2. The lowest BCUT2D eigenvalue weighted by atomic mass is 10.0. The summed E-state index contributed by atoms with van der Waals surface area (Å²) in [7, 11) is 0. The normalized spacial score (nSPS) is 16.0. The van der Waals surface area contributed by atoms with Crippen LogP contribution in [0.2, 0.25) is 0 Å². The first kappa shape index (κ1) is 30.8. The van der Waals surface area contributed by atoms with Gasteiger partial charge in [-0.2, -0.15) is 0 Å². The quantitative estimate of drug-likeness (QED) is 0.306. The molecule has 1 aliphatic heterocycles. The minimum Gasteiger partial charge on any atom is -0.465 e. The summed E-state index contributed by atoms with van der Waals surface area (Å²) in [5, 5.41) is 6.82. The van der Waals surface area contributed by atoms with E-state index in [-0.39, 0.29) is 13.0 Å². The first-order valence-electron chi connectivity index (χ1n) is 13.9. The van der Waals surface area contributed by atoms with Crippen molar-refractivity contribution in [1.82, 2.24) is 10.6 Å². The Labute approximate surface area is 249 Å².